The highest BCUT2D eigenvalue weighted by Gasteiger charge is 2.06. The molecule has 13 heavy (non-hydrogen) atoms. The van der Waals surface area contributed by atoms with Gasteiger partial charge in [0, 0.05) is 12.1 Å². The molecule has 0 spiro atoms. The number of hydrogen-bond acceptors (Lipinski definition) is 2. The minimum Gasteiger partial charge on any atom is -0.497 e. The topological polar surface area (TPSA) is 18.5 Å². The molecule has 0 atom stereocenters. The lowest BCUT2D eigenvalue weighted by Gasteiger charge is -2.11. The van der Waals surface area contributed by atoms with Crippen molar-refractivity contribution in [3.8, 4) is 11.5 Å². The summed E-state index contributed by atoms with van der Waals surface area (Å²) in [6.07, 6.45) is -0.0602. The Bertz CT molecular complexity index is 284. The van der Waals surface area contributed by atoms with E-state index in [0.29, 0.717) is 5.75 Å². The second-order valence-corrected chi connectivity index (χ2v) is 2.88. The molecule has 3 heteroatoms. The molecule has 1 aromatic rings. The standard InChI is InChI=1S/C10H12FO2/c1-7(2)13-10-6-8(12-3)4-5-9(10)11/h4,6-7H,1-3H3. The van der Waals surface area contributed by atoms with E-state index in [0.717, 1.165) is 0 Å². The summed E-state index contributed by atoms with van der Waals surface area (Å²) in [7, 11) is 1.51. The van der Waals surface area contributed by atoms with E-state index in [9.17, 15) is 4.39 Å². The number of rotatable bonds is 3. The second-order valence-electron chi connectivity index (χ2n) is 2.88. The summed E-state index contributed by atoms with van der Waals surface area (Å²) < 4.78 is 23.1. The summed E-state index contributed by atoms with van der Waals surface area (Å²) in [5.74, 6) is 0.223. The SMILES string of the molecule is COc1c[c]c(F)c(OC(C)C)c1. The summed E-state index contributed by atoms with van der Waals surface area (Å²) in [5, 5.41) is 0. The van der Waals surface area contributed by atoms with Crippen molar-refractivity contribution in [2.24, 2.45) is 0 Å². The monoisotopic (exact) mass is 183 g/mol. The highest BCUT2D eigenvalue weighted by Crippen LogP contribution is 2.23. The van der Waals surface area contributed by atoms with Gasteiger partial charge in [-0.25, -0.2) is 4.39 Å². The fourth-order valence-electron chi connectivity index (χ4n) is 0.897. The normalized spacial score (nSPS) is 10.2. The zero-order valence-corrected chi connectivity index (χ0v) is 7.93. The van der Waals surface area contributed by atoms with Crippen LogP contribution >= 0.6 is 0 Å². The third kappa shape index (κ3) is 2.61. The Labute approximate surface area is 77.3 Å². The predicted molar refractivity (Wildman–Crippen MR) is 47.6 cm³/mol. The summed E-state index contributed by atoms with van der Waals surface area (Å²) in [6, 6.07) is 5.35. The molecule has 0 aliphatic rings. The number of methoxy groups -OCH3 is 1. The van der Waals surface area contributed by atoms with Crippen molar-refractivity contribution in [2.75, 3.05) is 7.11 Å². The van der Waals surface area contributed by atoms with Crippen LogP contribution in [0.2, 0.25) is 0 Å². The van der Waals surface area contributed by atoms with Gasteiger partial charge in [0.2, 0.25) is 0 Å². The molecule has 0 saturated heterocycles. The van der Waals surface area contributed by atoms with E-state index < -0.39 is 5.82 Å². The van der Waals surface area contributed by atoms with Gasteiger partial charge in [-0.1, -0.05) is 0 Å². The Morgan fingerprint density at radius 1 is 1.46 bits per heavy atom. The molecule has 0 bridgehead atoms. The number of ether oxygens (including phenoxy) is 2. The van der Waals surface area contributed by atoms with Gasteiger partial charge in [0.25, 0.3) is 0 Å². The van der Waals surface area contributed by atoms with Gasteiger partial charge in [0.05, 0.1) is 13.2 Å². The van der Waals surface area contributed by atoms with E-state index >= 15 is 0 Å². The van der Waals surface area contributed by atoms with Crippen LogP contribution in [-0.2, 0) is 0 Å². The van der Waals surface area contributed by atoms with Crippen molar-refractivity contribution in [2.45, 2.75) is 20.0 Å². The van der Waals surface area contributed by atoms with E-state index in [1.807, 2.05) is 13.8 Å². The molecular formula is C10H12FO2. The van der Waals surface area contributed by atoms with Crippen LogP contribution < -0.4 is 9.47 Å². The summed E-state index contributed by atoms with van der Waals surface area (Å²) in [5.41, 5.74) is 0. The molecule has 1 aromatic carbocycles. The first kappa shape index (κ1) is 9.84. The molecule has 71 valence electrons. The van der Waals surface area contributed by atoms with Gasteiger partial charge in [-0.3, -0.25) is 0 Å². The fraction of sp³-hybridized carbons (Fsp3) is 0.400. The Morgan fingerprint density at radius 3 is 2.69 bits per heavy atom. The number of hydrogen-bond donors (Lipinski definition) is 0. The van der Waals surface area contributed by atoms with E-state index in [4.69, 9.17) is 9.47 Å². The minimum atomic E-state index is -0.491. The summed E-state index contributed by atoms with van der Waals surface area (Å²) >= 11 is 0. The van der Waals surface area contributed by atoms with E-state index in [2.05, 4.69) is 6.07 Å². The minimum absolute atomic E-state index is 0.0602. The van der Waals surface area contributed by atoms with Gasteiger partial charge in [-0.15, -0.1) is 0 Å². The van der Waals surface area contributed by atoms with E-state index in [1.165, 1.54) is 19.2 Å². The fourth-order valence-corrected chi connectivity index (χ4v) is 0.897. The van der Waals surface area contributed by atoms with Crippen molar-refractivity contribution in [1.82, 2.24) is 0 Å². The molecule has 1 radical (unpaired) electrons. The maximum atomic E-state index is 13.0. The van der Waals surface area contributed by atoms with Crippen LogP contribution in [0.5, 0.6) is 11.5 Å². The van der Waals surface area contributed by atoms with Gasteiger partial charge in [-0.05, 0) is 19.9 Å². The van der Waals surface area contributed by atoms with Crippen LogP contribution in [-0.4, -0.2) is 13.2 Å². The van der Waals surface area contributed by atoms with Gasteiger partial charge >= 0.3 is 0 Å². The molecule has 0 N–H and O–H groups in total. The lowest BCUT2D eigenvalue weighted by Crippen LogP contribution is -2.07. The molecule has 0 saturated carbocycles. The predicted octanol–water partition coefficient (Wildman–Crippen LogP) is 2.42. The molecule has 0 fully saturated rings. The first-order chi connectivity index (χ1) is 6.13. The molecule has 2 nitrogen and oxygen atoms in total. The lowest BCUT2D eigenvalue weighted by molar-refractivity contribution is 0.229. The second kappa shape index (κ2) is 4.12. The Hall–Kier alpha value is -1.25. The number of halogens is 1. The van der Waals surface area contributed by atoms with Crippen molar-refractivity contribution in [3.05, 3.63) is 24.0 Å². The largest absolute Gasteiger partial charge is 0.497 e. The highest BCUT2D eigenvalue weighted by molar-refractivity contribution is 5.33. The van der Waals surface area contributed by atoms with Crippen LogP contribution in [0.1, 0.15) is 13.8 Å². The molecule has 0 aliphatic carbocycles. The van der Waals surface area contributed by atoms with Crippen molar-refractivity contribution in [3.63, 3.8) is 0 Å². The van der Waals surface area contributed by atoms with Crippen LogP contribution in [0.4, 0.5) is 4.39 Å². The average Bonchev–Trinajstić information content (AvgIpc) is 2.08. The first-order valence-electron chi connectivity index (χ1n) is 4.05. The quantitative estimate of drug-likeness (QED) is 0.716. The lowest BCUT2D eigenvalue weighted by atomic mass is 10.3. The van der Waals surface area contributed by atoms with Gasteiger partial charge < -0.3 is 9.47 Å². The summed E-state index contributed by atoms with van der Waals surface area (Å²) in [4.78, 5) is 0. The van der Waals surface area contributed by atoms with Crippen LogP contribution in [0.25, 0.3) is 0 Å². The van der Waals surface area contributed by atoms with E-state index in [-0.39, 0.29) is 11.9 Å². The molecule has 0 heterocycles. The third-order valence-electron chi connectivity index (χ3n) is 1.43. The van der Waals surface area contributed by atoms with Crippen LogP contribution in [0.3, 0.4) is 0 Å². The molecule has 0 unspecified atom stereocenters. The zero-order chi connectivity index (χ0) is 9.84. The van der Waals surface area contributed by atoms with Gasteiger partial charge in [0.1, 0.15) is 5.75 Å². The molecule has 0 aliphatic heterocycles. The molecule has 1 rings (SSSR count). The smallest absolute Gasteiger partial charge is 0.173 e. The van der Waals surface area contributed by atoms with Crippen molar-refractivity contribution >= 4 is 0 Å². The molecular weight excluding hydrogens is 171 g/mol. The van der Waals surface area contributed by atoms with E-state index in [1.54, 1.807) is 0 Å². The Balaban J connectivity index is 2.90. The van der Waals surface area contributed by atoms with Crippen molar-refractivity contribution < 1.29 is 13.9 Å². The maximum Gasteiger partial charge on any atom is 0.173 e. The van der Waals surface area contributed by atoms with Gasteiger partial charge in [0.15, 0.2) is 11.6 Å². The highest BCUT2D eigenvalue weighted by atomic mass is 19.1. The average molecular weight is 183 g/mol. The number of benzene rings is 1. The third-order valence-corrected chi connectivity index (χ3v) is 1.43. The first-order valence-corrected chi connectivity index (χ1v) is 4.05. The van der Waals surface area contributed by atoms with Crippen molar-refractivity contribution in [1.29, 1.82) is 0 Å². The molecule has 0 aromatic heterocycles. The zero-order valence-electron chi connectivity index (χ0n) is 7.93. The Morgan fingerprint density at radius 2 is 2.15 bits per heavy atom. The Kier molecular flexibility index (Phi) is 3.12. The molecule has 0 amide bonds. The van der Waals surface area contributed by atoms with Crippen LogP contribution in [0.15, 0.2) is 12.1 Å². The maximum absolute atomic E-state index is 13.0. The summed E-state index contributed by atoms with van der Waals surface area (Å²) in [6.45, 7) is 3.66. The van der Waals surface area contributed by atoms with Gasteiger partial charge in [-0.2, -0.15) is 0 Å². The van der Waals surface area contributed by atoms with Crippen LogP contribution in [0, 0.1) is 11.9 Å².